The lowest BCUT2D eigenvalue weighted by Gasteiger charge is -2.13. The molecule has 0 aromatic carbocycles. The Balaban J connectivity index is 1.82. The summed E-state index contributed by atoms with van der Waals surface area (Å²) in [5, 5.41) is 16.6. The molecule has 0 aliphatic heterocycles. The molecular formula is C10H17N7O2. The van der Waals surface area contributed by atoms with E-state index in [4.69, 9.17) is 5.73 Å². The van der Waals surface area contributed by atoms with Gasteiger partial charge < -0.3 is 16.4 Å². The van der Waals surface area contributed by atoms with E-state index in [9.17, 15) is 9.59 Å². The second-order valence-corrected chi connectivity index (χ2v) is 4.54. The van der Waals surface area contributed by atoms with Crippen molar-refractivity contribution in [1.29, 1.82) is 0 Å². The summed E-state index contributed by atoms with van der Waals surface area (Å²) >= 11 is 0. The average molecular weight is 267 g/mol. The molecule has 1 atom stereocenters. The minimum absolute atomic E-state index is 0.165. The highest BCUT2D eigenvalue weighted by Crippen LogP contribution is 2.35. The van der Waals surface area contributed by atoms with Crippen LogP contribution in [0.25, 0.3) is 0 Å². The van der Waals surface area contributed by atoms with Gasteiger partial charge in [-0.1, -0.05) is 0 Å². The molecule has 3 amide bonds. The van der Waals surface area contributed by atoms with Gasteiger partial charge in [-0.3, -0.25) is 4.79 Å². The molecule has 0 saturated heterocycles. The number of primary amides is 1. The number of nitrogens with two attached hydrogens (primary N) is 1. The van der Waals surface area contributed by atoms with Crippen molar-refractivity contribution < 1.29 is 9.59 Å². The Morgan fingerprint density at radius 3 is 2.89 bits per heavy atom. The Hall–Kier alpha value is -2.19. The Labute approximate surface area is 109 Å². The summed E-state index contributed by atoms with van der Waals surface area (Å²) in [6, 6.07) is -0.545. The number of carbonyl (C=O) groups is 2. The highest BCUT2D eigenvalue weighted by molar-refractivity contribution is 5.77. The first-order chi connectivity index (χ1) is 9.08. The standard InChI is InChI=1S/C10H17N7O2/c1-6(13-8(18)4-5-12-10(11)19)9-14-15-16-17(9)7-2-3-7/h6-7H,2-5H2,1H3,(H,13,18)(H3,11,12,19). The minimum atomic E-state index is -0.640. The number of nitrogens with zero attached hydrogens (tertiary/aromatic N) is 4. The van der Waals surface area contributed by atoms with Gasteiger partial charge in [0, 0.05) is 13.0 Å². The summed E-state index contributed by atoms with van der Waals surface area (Å²) < 4.78 is 1.76. The molecule has 2 rings (SSSR count). The van der Waals surface area contributed by atoms with E-state index in [1.165, 1.54) is 0 Å². The summed E-state index contributed by atoms with van der Waals surface area (Å²) in [6.07, 6.45) is 2.31. The second kappa shape index (κ2) is 5.63. The van der Waals surface area contributed by atoms with Gasteiger partial charge in [-0.2, -0.15) is 0 Å². The number of hydrogen-bond donors (Lipinski definition) is 3. The molecule has 0 radical (unpaired) electrons. The fourth-order valence-electron chi connectivity index (χ4n) is 1.74. The van der Waals surface area contributed by atoms with Crippen molar-refractivity contribution in [3.63, 3.8) is 0 Å². The average Bonchev–Trinajstić information content (AvgIpc) is 3.06. The lowest BCUT2D eigenvalue weighted by Crippen LogP contribution is -2.35. The number of rotatable bonds is 6. The quantitative estimate of drug-likeness (QED) is 0.624. The zero-order valence-electron chi connectivity index (χ0n) is 10.7. The molecule has 1 fully saturated rings. The van der Waals surface area contributed by atoms with E-state index in [0.717, 1.165) is 12.8 Å². The zero-order valence-corrected chi connectivity index (χ0v) is 10.7. The molecule has 1 aliphatic carbocycles. The van der Waals surface area contributed by atoms with Crippen LogP contribution in [-0.2, 0) is 4.79 Å². The van der Waals surface area contributed by atoms with Crippen LogP contribution >= 0.6 is 0 Å². The minimum Gasteiger partial charge on any atom is -0.352 e. The van der Waals surface area contributed by atoms with Gasteiger partial charge in [-0.05, 0) is 30.2 Å². The number of hydrogen-bond acceptors (Lipinski definition) is 5. The lowest BCUT2D eigenvalue weighted by atomic mass is 10.3. The second-order valence-electron chi connectivity index (χ2n) is 4.54. The predicted molar refractivity (Wildman–Crippen MR) is 64.8 cm³/mol. The molecular weight excluding hydrogens is 250 g/mol. The SMILES string of the molecule is CC(NC(=O)CCNC(N)=O)c1nnnn1C1CC1. The summed E-state index contributed by atoms with van der Waals surface area (Å²) in [4.78, 5) is 22.1. The third-order valence-electron chi connectivity index (χ3n) is 2.83. The summed E-state index contributed by atoms with van der Waals surface area (Å²) in [5.74, 6) is 0.463. The molecule has 104 valence electrons. The van der Waals surface area contributed by atoms with Crippen molar-refractivity contribution in [3.05, 3.63) is 5.82 Å². The van der Waals surface area contributed by atoms with E-state index in [-0.39, 0.29) is 24.9 Å². The third kappa shape index (κ3) is 3.63. The summed E-state index contributed by atoms with van der Waals surface area (Å²) in [7, 11) is 0. The molecule has 1 unspecified atom stereocenters. The van der Waals surface area contributed by atoms with Gasteiger partial charge >= 0.3 is 6.03 Å². The van der Waals surface area contributed by atoms with Crippen LogP contribution in [-0.4, -0.2) is 38.7 Å². The molecule has 1 saturated carbocycles. The van der Waals surface area contributed by atoms with Gasteiger partial charge in [0.25, 0.3) is 0 Å². The van der Waals surface area contributed by atoms with Crippen molar-refractivity contribution in [2.24, 2.45) is 5.73 Å². The molecule has 0 bridgehead atoms. The topological polar surface area (TPSA) is 128 Å². The number of urea groups is 1. The molecule has 1 aliphatic rings. The molecule has 1 heterocycles. The first kappa shape index (κ1) is 13.2. The molecule has 4 N–H and O–H groups in total. The van der Waals surface area contributed by atoms with Crippen molar-refractivity contribution in [1.82, 2.24) is 30.8 Å². The van der Waals surface area contributed by atoms with Crippen LogP contribution in [0.1, 0.15) is 44.1 Å². The van der Waals surface area contributed by atoms with Crippen molar-refractivity contribution >= 4 is 11.9 Å². The Bertz CT molecular complexity index is 468. The molecule has 0 spiro atoms. The number of nitrogens with one attached hydrogen (secondary N) is 2. The maximum absolute atomic E-state index is 11.6. The molecule has 9 heteroatoms. The first-order valence-corrected chi connectivity index (χ1v) is 6.18. The van der Waals surface area contributed by atoms with Crippen LogP contribution in [0.4, 0.5) is 4.79 Å². The van der Waals surface area contributed by atoms with Gasteiger partial charge in [0.2, 0.25) is 5.91 Å². The van der Waals surface area contributed by atoms with E-state index in [2.05, 4.69) is 26.2 Å². The molecule has 9 nitrogen and oxygen atoms in total. The lowest BCUT2D eigenvalue weighted by molar-refractivity contribution is -0.121. The molecule has 19 heavy (non-hydrogen) atoms. The normalized spacial score (nSPS) is 15.8. The zero-order chi connectivity index (χ0) is 13.8. The van der Waals surface area contributed by atoms with Crippen molar-refractivity contribution in [2.75, 3.05) is 6.54 Å². The van der Waals surface area contributed by atoms with Gasteiger partial charge in [0.1, 0.15) is 0 Å². The van der Waals surface area contributed by atoms with Crippen LogP contribution in [0.15, 0.2) is 0 Å². The summed E-state index contributed by atoms with van der Waals surface area (Å²) in [5.41, 5.74) is 4.91. The first-order valence-electron chi connectivity index (χ1n) is 6.18. The largest absolute Gasteiger partial charge is 0.352 e. The van der Waals surface area contributed by atoms with Crippen LogP contribution in [0.5, 0.6) is 0 Å². The van der Waals surface area contributed by atoms with E-state index < -0.39 is 6.03 Å². The highest BCUT2D eigenvalue weighted by atomic mass is 16.2. The van der Waals surface area contributed by atoms with Gasteiger partial charge in [-0.15, -0.1) is 5.10 Å². The van der Waals surface area contributed by atoms with Gasteiger partial charge in [0.05, 0.1) is 12.1 Å². The van der Waals surface area contributed by atoms with E-state index in [1.807, 2.05) is 6.92 Å². The number of amides is 3. The number of aromatic nitrogens is 4. The van der Waals surface area contributed by atoms with Gasteiger partial charge in [0.15, 0.2) is 5.82 Å². The maximum Gasteiger partial charge on any atom is 0.312 e. The smallest absolute Gasteiger partial charge is 0.312 e. The maximum atomic E-state index is 11.6. The van der Waals surface area contributed by atoms with Crippen molar-refractivity contribution in [3.8, 4) is 0 Å². The Morgan fingerprint density at radius 2 is 2.26 bits per heavy atom. The fraction of sp³-hybridized carbons (Fsp3) is 0.700. The van der Waals surface area contributed by atoms with Crippen LogP contribution < -0.4 is 16.4 Å². The number of carbonyl (C=O) groups excluding carboxylic acids is 2. The van der Waals surface area contributed by atoms with E-state index >= 15 is 0 Å². The van der Waals surface area contributed by atoms with E-state index in [1.54, 1.807) is 4.68 Å². The molecule has 1 aromatic heterocycles. The Morgan fingerprint density at radius 1 is 1.53 bits per heavy atom. The predicted octanol–water partition coefficient (Wildman–Crippen LogP) is -0.756. The van der Waals surface area contributed by atoms with Crippen LogP contribution in [0.2, 0.25) is 0 Å². The van der Waals surface area contributed by atoms with Crippen molar-refractivity contribution in [2.45, 2.75) is 38.3 Å². The number of tetrazole rings is 1. The summed E-state index contributed by atoms with van der Waals surface area (Å²) in [6.45, 7) is 2.03. The Kier molecular flexibility index (Phi) is 3.93. The molecule has 1 aromatic rings. The monoisotopic (exact) mass is 267 g/mol. The third-order valence-corrected chi connectivity index (χ3v) is 2.83. The fourth-order valence-corrected chi connectivity index (χ4v) is 1.74. The van der Waals surface area contributed by atoms with Crippen LogP contribution in [0, 0.1) is 0 Å². The van der Waals surface area contributed by atoms with Crippen LogP contribution in [0.3, 0.4) is 0 Å². The highest BCUT2D eigenvalue weighted by Gasteiger charge is 2.29. The van der Waals surface area contributed by atoms with E-state index in [0.29, 0.717) is 11.9 Å². The van der Waals surface area contributed by atoms with Gasteiger partial charge in [-0.25, -0.2) is 9.48 Å².